The number of methoxy groups -OCH3 is 1. The molecule has 1 heterocycles. The molecular formula is C6H8FNO3. The van der Waals surface area contributed by atoms with Crippen LogP contribution in [0.25, 0.3) is 0 Å². The van der Waals surface area contributed by atoms with Crippen molar-refractivity contribution in [3.8, 4) is 0 Å². The van der Waals surface area contributed by atoms with Crippen LogP contribution in [0.3, 0.4) is 0 Å². The maximum absolute atomic E-state index is 12.7. The summed E-state index contributed by atoms with van der Waals surface area (Å²) in [5.74, 6) is -1.18. The molecule has 1 saturated heterocycles. The monoisotopic (exact) mass is 161 g/mol. The topological polar surface area (TPSA) is 55.4 Å². The predicted molar refractivity (Wildman–Crippen MR) is 33.5 cm³/mol. The number of carbonyl (C=O) groups excluding carboxylic acids is 2. The van der Waals surface area contributed by atoms with Crippen LogP contribution >= 0.6 is 0 Å². The highest BCUT2D eigenvalue weighted by Gasteiger charge is 2.38. The summed E-state index contributed by atoms with van der Waals surface area (Å²) in [5, 5.41) is 2.17. The highest BCUT2D eigenvalue weighted by Crippen LogP contribution is 2.12. The first kappa shape index (κ1) is 7.97. The zero-order chi connectivity index (χ0) is 8.43. The average Bonchev–Trinajstić information content (AvgIpc) is 2.28. The zero-order valence-electron chi connectivity index (χ0n) is 5.96. The van der Waals surface area contributed by atoms with Crippen molar-refractivity contribution in [3.63, 3.8) is 0 Å². The number of esters is 1. The van der Waals surface area contributed by atoms with Crippen LogP contribution in [-0.4, -0.2) is 31.2 Å². The lowest BCUT2D eigenvalue weighted by atomic mass is 10.2. The summed E-state index contributed by atoms with van der Waals surface area (Å²) in [5.41, 5.74) is 0. The van der Waals surface area contributed by atoms with Gasteiger partial charge in [-0.05, 0) is 0 Å². The van der Waals surface area contributed by atoms with Crippen molar-refractivity contribution >= 4 is 11.9 Å². The fourth-order valence-corrected chi connectivity index (χ4v) is 0.951. The minimum Gasteiger partial charge on any atom is -0.467 e. The molecule has 1 N–H and O–H groups in total. The molecule has 1 rings (SSSR count). The Morgan fingerprint density at radius 3 is 2.82 bits per heavy atom. The molecule has 0 saturated carbocycles. The first-order valence-corrected chi connectivity index (χ1v) is 3.16. The van der Waals surface area contributed by atoms with Crippen LogP contribution in [0.5, 0.6) is 0 Å². The highest BCUT2D eigenvalue weighted by atomic mass is 19.1. The number of halogens is 1. The second-order valence-electron chi connectivity index (χ2n) is 2.29. The number of ether oxygens (including phenoxy) is 1. The van der Waals surface area contributed by atoms with E-state index in [0.717, 1.165) is 7.11 Å². The van der Waals surface area contributed by atoms with Crippen LogP contribution in [-0.2, 0) is 14.3 Å². The van der Waals surface area contributed by atoms with Gasteiger partial charge in [-0.1, -0.05) is 0 Å². The van der Waals surface area contributed by atoms with Crippen LogP contribution in [0.4, 0.5) is 4.39 Å². The molecular weight excluding hydrogens is 153 g/mol. The molecule has 1 aliphatic heterocycles. The number of carbonyl (C=O) groups is 2. The summed E-state index contributed by atoms with van der Waals surface area (Å²) in [6.07, 6.45) is -1.70. The van der Waals surface area contributed by atoms with Crippen molar-refractivity contribution in [3.05, 3.63) is 0 Å². The average molecular weight is 161 g/mol. The Hall–Kier alpha value is -1.13. The van der Waals surface area contributed by atoms with E-state index in [1.165, 1.54) is 0 Å². The second-order valence-corrected chi connectivity index (χ2v) is 2.29. The Morgan fingerprint density at radius 2 is 2.45 bits per heavy atom. The molecule has 11 heavy (non-hydrogen) atoms. The van der Waals surface area contributed by atoms with Gasteiger partial charge < -0.3 is 10.1 Å². The zero-order valence-corrected chi connectivity index (χ0v) is 5.96. The summed E-state index contributed by atoms with van der Waals surface area (Å²) in [6.45, 7) is 0. The number of hydrogen-bond donors (Lipinski definition) is 1. The van der Waals surface area contributed by atoms with Crippen molar-refractivity contribution in [2.75, 3.05) is 7.11 Å². The van der Waals surface area contributed by atoms with Gasteiger partial charge in [-0.2, -0.15) is 0 Å². The molecule has 0 aromatic rings. The van der Waals surface area contributed by atoms with Gasteiger partial charge in [0.05, 0.1) is 13.5 Å². The van der Waals surface area contributed by atoms with Gasteiger partial charge in [0.15, 0.2) is 6.04 Å². The van der Waals surface area contributed by atoms with E-state index in [1.807, 2.05) is 0 Å². The summed E-state index contributed by atoms with van der Waals surface area (Å²) >= 11 is 0. The van der Waals surface area contributed by atoms with Gasteiger partial charge in [0.2, 0.25) is 5.91 Å². The fraction of sp³-hybridized carbons (Fsp3) is 0.667. The minimum absolute atomic E-state index is 0.250. The molecule has 0 spiro atoms. The van der Waals surface area contributed by atoms with E-state index in [-0.39, 0.29) is 6.42 Å². The van der Waals surface area contributed by atoms with Gasteiger partial charge in [-0.25, -0.2) is 9.18 Å². The molecule has 0 radical (unpaired) electrons. The van der Waals surface area contributed by atoms with Crippen LogP contribution in [0.2, 0.25) is 0 Å². The maximum atomic E-state index is 12.7. The Bertz CT molecular complexity index is 194. The molecule has 1 amide bonds. The van der Waals surface area contributed by atoms with Gasteiger partial charge >= 0.3 is 5.97 Å². The Kier molecular flexibility index (Phi) is 2.07. The molecule has 5 heteroatoms. The van der Waals surface area contributed by atoms with Crippen LogP contribution in [0, 0.1) is 0 Å². The third-order valence-corrected chi connectivity index (χ3v) is 1.51. The first-order chi connectivity index (χ1) is 5.15. The summed E-state index contributed by atoms with van der Waals surface area (Å²) in [6, 6.07) is -1.10. The van der Waals surface area contributed by atoms with E-state index in [4.69, 9.17) is 0 Å². The van der Waals surface area contributed by atoms with Crippen LogP contribution in [0.15, 0.2) is 0 Å². The van der Waals surface area contributed by atoms with Gasteiger partial charge in [0.1, 0.15) is 6.17 Å². The standard InChI is InChI=1S/C6H8FNO3/c1-11-6(10)5-3(7)2-4(9)8-5/h3,5H,2H2,1H3,(H,8,9)/t3-,5+/m1/s1. The SMILES string of the molecule is COC(=O)[C@H]1NC(=O)C[C@H]1F. The first-order valence-electron chi connectivity index (χ1n) is 3.16. The Labute approximate surface area is 62.7 Å². The number of alkyl halides is 1. The largest absolute Gasteiger partial charge is 0.467 e. The lowest BCUT2D eigenvalue weighted by Crippen LogP contribution is -2.38. The van der Waals surface area contributed by atoms with Crippen molar-refractivity contribution in [1.29, 1.82) is 0 Å². The molecule has 0 unspecified atom stereocenters. The van der Waals surface area contributed by atoms with Crippen molar-refractivity contribution in [2.45, 2.75) is 18.6 Å². The van der Waals surface area contributed by atoms with E-state index in [2.05, 4.69) is 10.1 Å². The van der Waals surface area contributed by atoms with E-state index in [9.17, 15) is 14.0 Å². The van der Waals surface area contributed by atoms with Crippen molar-refractivity contribution in [1.82, 2.24) is 5.32 Å². The van der Waals surface area contributed by atoms with Gasteiger partial charge in [-0.3, -0.25) is 4.79 Å². The predicted octanol–water partition coefficient (Wildman–Crippen LogP) is -0.614. The van der Waals surface area contributed by atoms with Crippen molar-refractivity contribution < 1.29 is 18.7 Å². The number of amides is 1. The van der Waals surface area contributed by atoms with E-state index in [1.54, 1.807) is 0 Å². The lowest BCUT2D eigenvalue weighted by Gasteiger charge is -2.08. The van der Waals surface area contributed by atoms with Gasteiger partial charge in [0, 0.05) is 0 Å². The highest BCUT2D eigenvalue weighted by molar-refractivity contribution is 5.89. The van der Waals surface area contributed by atoms with E-state index >= 15 is 0 Å². The minimum atomic E-state index is -1.45. The Morgan fingerprint density at radius 1 is 1.82 bits per heavy atom. The molecule has 62 valence electrons. The second kappa shape index (κ2) is 2.86. The normalized spacial score (nSPS) is 29.8. The number of rotatable bonds is 1. The van der Waals surface area contributed by atoms with Gasteiger partial charge in [0.25, 0.3) is 0 Å². The van der Waals surface area contributed by atoms with Crippen molar-refractivity contribution in [2.24, 2.45) is 0 Å². The molecule has 4 nitrogen and oxygen atoms in total. The number of nitrogens with one attached hydrogen (secondary N) is 1. The molecule has 1 fully saturated rings. The lowest BCUT2D eigenvalue weighted by molar-refractivity contribution is -0.144. The number of hydrogen-bond acceptors (Lipinski definition) is 3. The summed E-state index contributed by atoms with van der Waals surface area (Å²) in [4.78, 5) is 21.2. The van der Waals surface area contributed by atoms with Crippen LogP contribution in [0.1, 0.15) is 6.42 Å². The van der Waals surface area contributed by atoms with Gasteiger partial charge in [-0.15, -0.1) is 0 Å². The maximum Gasteiger partial charge on any atom is 0.331 e. The molecule has 0 bridgehead atoms. The van der Waals surface area contributed by atoms with E-state index in [0.29, 0.717) is 0 Å². The van der Waals surface area contributed by atoms with E-state index < -0.39 is 24.1 Å². The molecule has 2 atom stereocenters. The smallest absolute Gasteiger partial charge is 0.331 e. The summed E-state index contributed by atoms with van der Waals surface area (Å²) < 4.78 is 17.0. The molecule has 0 aromatic carbocycles. The third-order valence-electron chi connectivity index (χ3n) is 1.51. The quantitative estimate of drug-likeness (QED) is 0.522. The molecule has 0 aliphatic carbocycles. The fourth-order valence-electron chi connectivity index (χ4n) is 0.951. The Balaban J connectivity index is 2.59. The molecule has 0 aromatic heterocycles. The summed E-state index contributed by atoms with van der Waals surface area (Å²) in [7, 11) is 1.15. The molecule has 1 aliphatic rings. The third kappa shape index (κ3) is 1.47. The van der Waals surface area contributed by atoms with Crippen LogP contribution < -0.4 is 5.32 Å².